The molecule has 15 heavy (non-hydrogen) atoms. The van der Waals surface area contributed by atoms with Crippen molar-refractivity contribution in [3.05, 3.63) is 23.5 Å². The maximum atomic E-state index is 4.88. The summed E-state index contributed by atoms with van der Waals surface area (Å²) < 4.78 is 0.836. The molecule has 0 aromatic heterocycles. The lowest BCUT2D eigenvalue weighted by atomic mass is 10.1. The van der Waals surface area contributed by atoms with Crippen LogP contribution in [0.5, 0.6) is 0 Å². The van der Waals surface area contributed by atoms with Crippen molar-refractivity contribution in [1.29, 1.82) is 0 Å². The Balaban J connectivity index is 1.63. The minimum absolute atomic E-state index is 0.836. The minimum atomic E-state index is 0.836. The third-order valence-corrected chi connectivity index (χ3v) is 3.94. The van der Waals surface area contributed by atoms with Crippen molar-refractivity contribution >= 4 is 5.71 Å². The number of allylic oxidation sites excluding steroid dienone is 1. The molecule has 0 aromatic carbocycles. The van der Waals surface area contributed by atoms with E-state index in [-0.39, 0.29) is 0 Å². The lowest BCUT2D eigenvalue weighted by molar-refractivity contribution is -0.860. The summed E-state index contributed by atoms with van der Waals surface area (Å²) in [7, 11) is 0. The maximum absolute atomic E-state index is 4.88. The van der Waals surface area contributed by atoms with E-state index in [1.807, 2.05) is 0 Å². The lowest BCUT2D eigenvalue weighted by Crippen LogP contribution is -2.43. The SMILES string of the molecule is C1=C2CNCC2=N[N+]12CC=C2CC1CC1. The molecule has 3 heterocycles. The Kier molecular flexibility index (Phi) is 1.43. The third kappa shape index (κ3) is 1.11. The number of nitrogens with one attached hydrogen (secondary N) is 1. The first-order valence-corrected chi connectivity index (χ1v) is 5.95. The van der Waals surface area contributed by atoms with Gasteiger partial charge in [0.1, 0.15) is 24.2 Å². The van der Waals surface area contributed by atoms with Gasteiger partial charge in [0, 0.05) is 25.6 Å². The molecule has 1 spiro atoms. The molecule has 4 aliphatic rings. The first-order valence-electron chi connectivity index (χ1n) is 5.95. The predicted molar refractivity (Wildman–Crippen MR) is 58.9 cm³/mol. The van der Waals surface area contributed by atoms with E-state index in [0.29, 0.717) is 0 Å². The van der Waals surface area contributed by atoms with Crippen LogP contribution in [0.4, 0.5) is 0 Å². The van der Waals surface area contributed by atoms with Crippen LogP contribution < -0.4 is 5.32 Å². The van der Waals surface area contributed by atoms with Crippen LogP contribution >= 0.6 is 0 Å². The molecule has 1 N–H and O–H groups in total. The van der Waals surface area contributed by atoms with E-state index < -0.39 is 0 Å². The number of rotatable bonds is 2. The van der Waals surface area contributed by atoms with Gasteiger partial charge in [-0.15, -0.1) is 4.59 Å². The highest BCUT2D eigenvalue weighted by molar-refractivity contribution is 6.04. The fraction of sp³-hybridized carbons (Fsp3) is 0.583. The summed E-state index contributed by atoms with van der Waals surface area (Å²) in [6.45, 7) is 3.09. The van der Waals surface area contributed by atoms with Crippen LogP contribution in [-0.2, 0) is 0 Å². The standard InChI is InChI=1S/C12H16N3/c1-2-9(1)5-11-3-4-15(11)8-10-6-13-7-12(10)14-15/h3,8-9,13H,1-2,4-7H2/q+1. The number of hydrogen-bond acceptors (Lipinski definition) is 2. The second kappa shape index (κ2) is 2.60. The Hall–Kier alpha value is -0.930. The zero-order chi connectivity index (χ0) is 9.88. The van der Waals surface area contributed by atoms with Gasteiger partial charge in [0.2, 0.25) is 0 Å². The summed E-state index contributed by atoms with van der Waals surface area (Å²) in [6, 6.07) is 0. The van der Waals surface area contributed by atoms with Gasteiger partial charge in [0.15, 0.2) is 0 Å². The van der Waals surface area contributed by atoms with Crippen molar-refractivity contribution in [3.8, 4) is 0 Å². The fourth-order valence-corrected chi connectivity index (χ4v) is 2.76. The molecule has 1 unspecified atom stereocenters. The molecule has 1 atom stereocenters. The molecule has 2 fully saturated rings. The van der Waals surface area contributed by atoms with Gasteiger partial charge in [-0.1, -0.05) is 5.10 Å². The summed E-state index contributed by atoms with van der Waals surface area (Å²) in [6.07, 6.45) is 8.91. The van der Waals surface area contributed by atoms with Crippen LogP contribution in [0.1, 0.15) is 19.3 Å². The number of hydrogen-bond donors (Lipinski definition) is 1. The van der Waals surface area contributed by atoms with E-state index in [1.165, 1.54) is 30.5 Å². The Morgan fingerprint density at radius 3 is 3.00 bits per heavy atom. The first kappa shape index (κ1) is 8.25. The second-order valence-corrected chi connectivity index (χ2v) is 5.16. The summed E-state index contributed by atoms with van der Waals surface area (Å²) in [5.41, 5.74) is 4.29. The smallest absolute Gasteiger partial charge is 0.142 e. The molecule has 0 amide bonds. The molecule has 1 saturated heterocycles. The highest BCUT2D eigenvalue weighted by Crippen LogP contribution is 2.44. The number of quaternary nitrogens is 1. The van der Waals surface area contributed by atoms with E-state index in [0.717, 1.165) is 30.1 Å². The normalized spacial score (nSPS) is 37.2. The second-order valence-electron chi connectivity index (χ2n) is 5.16. The topological polar surface area (TPSA) is 24.4 Å². The molecule has 1 aliphatic carbocycles. The average molecular weight is 202 g/mol. The van der Waals surface area contributed by atoms with Crippen LogP contribution in [0, 0.1) is 5.92 Å². The van der Waals surface area contributed by atoms with E-state index in [9.17, 15) is 0 Å². The van der Waals surface area contributed by atoms with Gasteiger partial charge in [-0.05, 0) is 18.8 Å². The van der Waals surface area contributed by atoms with Gasteiger partial charge in [0.05, 0.1) is 5.57 Å². The molecule has 0 aromatic rings. The molecule has 0 bridgehead atoms. The van der Waals surface area contributed by atoms with Crippen LogP contribution in [0.2, 0.25) is 0 Å². The van der Waals surface area contributed by atoms with E-state index in [1.54, 1.807) is 5.70 Å². The summed E-state index contributed by atoms with van der Waals surface area (Å²) in [4.78, 5) is 0. The van der Waals surface area contributed by atoms with E-state index in [2.05, 4.69) is 17.6 Å². The van der Waals surface area contributed by atoms with Crippen LogP contribution in [-0.4, -0.2) is 29.9 Å². The van der Waals surface area contributed by atoms with Gasteiger partial charge in [-0.25, -0.2) is 0 Å². The van der Waals surface area contributed by atoms with Crippen molar-refractivity contribution < 1.29 is 4.59 Å². The molecule has 0 radical (unpaired) electrons. The Labute approximate surface area is 89.7 Å². The van der Waals surface area contributed by atoms with E-state index in [4.69, 9.17) is 5.10 Å². The molecule has 3 aliphatic heterocycles. The molecule has 78 valence electrons. The van der Waals surface area contributed by atoms with Crippen molar-refractivity contribution in [2.75, 3.05) is 19.6 Å². The summed E-state index contributed by atoms with van der Waals surface area (Å²) in [5, 5.41) is 8.23. The van der Waals surface area contributed by atoms with Crippen LogP contribution in [0.15, 0.2) is 28.6 Å². The zero-order valence-electron chi connectivity index (χ0n) is 8.87. The Morgan fingerprint density at radius 1 is 1.40 bits per heavy atom. The highest BCUT2D eigenvalue weighted by Gasteiger charge is 2.46. The zero-order valence-corrected chi connectivity index (χ0v) is 8.87. The van der Waals surface area contributed by atoms with Crippen molar-refractivity contribution in [1.82, 2.24) is 5.32 Å². The van der Waals surface area contributed by atoms with Crippen molar-refractivity contribution in [3.63, 3.8) is 0 Å². The van der Waals surface area contributed by atoms with Crippen molar-refractivity contribution in [2.24, 2.45) is 11.0 Å². The molecule has 3 nitrogen and oxygen atoms in total. The molecule has 4 rings (SSSR count). The molecular formula is C12H16N3+. The summed E-state index contributed by atoms with van der Waals surface area (Å²) in [5.74, 6) is 0.976. The Morgan fingerprint density at radius 2 is 2.33 bits per heavy atom. The van der Waals surface area contributed by atoms with E-state index >= 15 is 0 Å². The van der Waals surface area contributed by atoms with Crippen LogP contribution in [0.3, 0.4) is 0 Å². The number of fused-ring (bicyclic) bond motifs is 1. The van der Waals surface area contributed by atoms with Crippen LogP contribution in [0.25, 0.3) is 0 Å². The number of nitrogens with zero attached hydrogens (tertiary/aromatic N) is 2. The van der Waals surface area contributed by atoms with Gasteiger partial charge in [0.25, 0.3) is 0 Å². The van der Waals surface area contributed by atoms with Crippen molar-refractivity contribution in [2.45, 2.75) is 19.3 Å². The minimum Gasteiger partial charge on any atom is -0.307 e. The van der Waals surface area contributed by atoms with Gasteiger partial charge < -0.3 is 5.32 Å². The first-order chi connectivity index (χ1) is 7.36. The van der Waals surface area contributed by atoms with Gasteiger partial charge >= 0.3 is 0 Å². The van der Waals surface area contributed by atoms with Gasteiger partial charge in [-0.2, -0.15) is 0 Å². The molecular weight excluding hydrogens is 186 g/mol. The fourth-order valence-electron chi connectivity index (χ4n) is 2.76. The quantitative estimate of drug-likeness (QED) is 0.672. The molecule has 3 heteroatoms. The predicted octanol–water partition coefficient (Wildman–Crippen LogP) is 1.36. The highest BCUT2D eigenvalue weighted by atomic mass is 15.7. The average Bonchev–Trinajstić information content (AvgIpc) is 2.79. The summed E-state index contributed by atoms with van der Waals surface area (Å²) >= 11 is 0. The Bertz CT molecular complexity index is 393. The van der Waals surface area contributed by atoms with Gasteiger partial charge in [-0.3, -0.25) is 0 Å². The lowest BCUT2D eigenvalue weighted by Gasteiger charge is -2.33. The monoisotopic (exact) mass is 202 g/mol. The largest absolute Gasteiger partial charge is 0.307 e. The third-order valence-electron chi connectivity index (χ3n) is 3.94. The maximum Gasteiger partial charge on any atom is 0.142 e. The molecule has 1 saturated carbocycles.